The SMILES string of the molecule is Cc1cccc(Cn2ccnc2CN(CC2CC2)C(=O)NC(C)C)c1. The minimum Gasteiger partial charge on any atom is -0.336 e. The zero-order valence-electron chi connectivity index (χ0n) is 15.4. The van der Waals surface area contributed by atoms with Crippen molar-refractivity contribution in [3.8, 4) is 0 Å². The van der Waals surface area contributed by atoms with Crippen LogP contribution in [0.2, 0.25) is 0 Å². The molecule has 1 aromatic heterocycles. The lowest BCUT2D eigenvalue weighted by Crippen LogP contribution is -2.43. The Kier molecular flexibility index (Phi) is 5.41. The number of nitrogens with zero attached hydrogens (tertiary/aromatic N) is 3. The number of amides is 2. The summed E-state index contributed by atoms with van der Waals surface area (Å²) < 4.78 is 2.14. The predicted octanol–water partition coefficient (Wildman–Crippen LogP) is 3.57. The number of benzene rings is 1. The molecule has 0 spiro atoms. The molecule has 0 radical (unpaired) electrons. The maximum Gasteiger partial charge on any atom is 0.318 e. The molecule has 1 fully saturated rings. The van der Waals surface area contributed by atoms with Crippen LogP contribution in [-0.4, -0.2) is 33.1 Å². The van der Waals surface area contributed by atoms with Crippen LogP contribution in [-0.2, 0) is 13.1 Å². The summed E-state index contributed by atoms with van der Waals surface area (Å²) in [5.74, 6) is 1.58. The Hall–Kier alpha value is -2.30. The Morgan fingerprint density at radius 3 is 2.88 bits per heavy atom. The van der Waals surface area contributed by atoms with E-state index in [1.807, 2.05) is 31.1 Å². The third-order valence-electron chi connectivity index (χ3n) is 4.44. The maximum atomic E-state index is 12.5. The second-order valence-corrected chi connectivity index (χ2v) is 7.39. The van der Waals surface area contributed by atoms with Crippen molar-refractivity contribution in [2.75, 3.05) is 6.54 Å². The van der Waals surface area contributed by atoms with Crippen molar-refractivity contribution >= 4 is 6.03 Å². The Morgan fingerprint density at radius 1 is 1.40 bits per heavy atom. The Morgan fingerprint density at radius 2 is 2.20 bits per heavy atom. The van der Waals surface area contributed by atoms with Gasteiger partial charge >= 0.3 is 6.03 Å². The van der Waals surface area contributed by atoms with E-state index in [-0.39, 0.29) is 12.1 Å². The summed E-state index contributed by atoms with van der Waals surface area (Å²) in [5, 5.41) is 3.02. The summed E-state index contributed by atoms with van der Waals surface area (Å²) in [6.45, 7) is 8.23. The Balaban J connectivity index is 1.71. The van der Waals surface area contributed by atoms with Crippen LogP contribution in [0.25, 0.3) is 0 Å². The fourth-order valence-electron chi connectivity index (χ4n) is 2.98. The first kappa shape index (κ1) is 17.5. The van der Waals surface area contributed by atoms with Gasteiger partial charge in [-0.3, -0.25) is 0 Å². The van der Waals surface area contributed by atoms with Crippen molar-refractivity contribution in [2.45, 2.75) is 52.7 Å². The number of carbonyl (C=O) groups is 1. The lowest BCUT2D eigenvalue weighted by molar-refractivity contribution is 0.187. The third kappa shape index (κ3) is 5.08. The van der Waals surface area contributed by atoms with Crippen LogP contribution < -0.4 is 5.32 Å². The van der Waals surface area contributed by atoms with E-state index in [2.05, 4.69) is 46.1 Å². The van der Waals surface area contributed by atoms with Gasteiger partial charge in [-0.15, -0.1) is 0 Å². The van der Waals surface area contributed by atoms with Crippen LogP contribution in [0.3, 0.4) is 0 Å². The monoisotopic (exact) mass is 340 g/mol. The zero-order chi connectivity index (χ0) is 17.8. The quantitative estimate of drug-likeness (QED) is 0.838. The van der Waals surface area contributed by atoms with E-state index in [9.17, 15) is 4.79 Å². The highest BCUT2D eigenvalue weighted by molar-refractivity contribution is 5.74. The topological polar surface area (TPSA) is 50.2 Å². The van der Waals surface area contributed by atoms with Crippen LogP contribution in [0.1, 0.15) is 43.6 Å². The summed E-state index contributed by atoms with van der Waals surface area (Å²) in [6.07, 6.45) is 6.26. The molecule has 0 saturated heterocycles. The summed E-state index contributed by atoms with van der Waals surface area (Å²) in [7, 11) is 0. The second kappa shape index (κ2) is 7.72. The molecular weight excluding hydrogens is 312 g/mol. The molecule has 1 heterocycles. The van der Waals surface area contributed by atoms with E-state index in [0.717, 1.165) is 18.9 Å². The van der Waals surface area contributed by atoms with Gasteiger partial charge in [0.2, 0.25) is 0 Å². The second-order valence-electron chi connectivity index (χ2n) is 7.39. The first-order valence-electron chi connectivity index (χ1n) is 9.12. The smallest absolute Gasteiger partial charge is 0.318 e. The molecule has 5 nitrogen and oxygen atoms in total. The van der Waals surface area contributed by atoms with Crippen LogP contribution >= 0.6 is 0 Å². The van der Waals surface area contributed by atoms with Gasteiger partial charge in [-0.1, -0.05) is 29.8 Å². The van der Waals surface area contributed by atoms with Crippen LogP contribution in [0, 0.1) is 12.8 Å². The number of hydrogen-bond acceptors (Lipinski definition) is 2. The van der Waals surface area contributed by atoms with Gasteiger partial charge in [0.15, 0.2) is 0 Å². The van der Waals surface area contributed by atoms with E-state index in [1.54, 1.807) is 0 Å². The molecule has 2 amide bonds. The van der Waals surface area contributed by atoms with Crippen molar-refractivity contribution < 1.29 is 4.79 Å². The van der Waals surface area contributed by atoms with Gasteiger partial charge in [-0.2, -0.15) is 0 Å². The van der Waals surface area contributed by atoms with Crippen molar-refractivity contribution in [1.82, 2.24) is 19.8 Å². The number of carbonyl (C=O) groups excluding carboxylic acids is 1. The number of aromatic nitrogens is 2. The molecule has 5 heteroatoms. The highest BCUT2D eigenvalue weighted by Gasteiger charge is 2.27. The summed E-state index contributed by atoms with van der Waals surface area (Å²) in [4.78, 5) is 18.9. The number of nitrogens with one attached hydrogen (secondary N) is 1. The molecule has 2 aromatic rings. The predicted molar refractivity (Wildman–Crippen MR) is 99.3 cm³/mol. The minimum atomic E-state index is 0.00649. The zero-order valence-corrected chi connectivity index (χ0v) is 15.4. The minimum absolute atomic E-state index is 0.00649. The van der Waals surface area contributed by atoms with Gasteiger partial charge in [0.25, 0.3) is 0 Å². The van der Waals surface area contributed by atoms with E-state index in [1.165, 1.54) is 24.0 Å². The fraction of sp³-hybridized carbons (Fsp3) is 0.500. The summed E-state index contributed by atoms with van der Waals surface area (Å²) in [5.41, 5.74) is 2.51. The van der Waals surface area contributed by atoms with Crippen molar-refractivity contribution in [3.63, 3.8) is 0 Å². The van der Waals surface area contributed by atoms with Crippen molar-refractivity contribution in [2.24, 2.45) is 5.92 Å². The molecule has 1 aliphatic carbocycles. The summed E-state index contributed by atoms with van der Waals surface area (Å²) in [6, 6.07) is 8.65. The van der Waals surface area contributed by atoms with E-state index >= 15 is 0 Å². The van der Waals surface area contributed by atoms with Gasteiger partial charge in [0, 0.05) is 31.5 Å². The highest BCUT2D eigenvalue weighted by atomic mass is 16.2. The normalized spacial score (nSPS) is 13.9. The van der Waals surface area contributed by atoms with Gasteiger partial charge in [0.1, 0.15) is 5.82 Å². The summed E-state index contributed by atoms with van der Waals surface area (Å²) >= 11 is 0. The lowest BCUT2D eigenvalue weighted by atomic mass is 10.1. The number of imidazole rings is 1. The van der Waals surface area contributed by atoms with E-state index in [0.29, 0.717) is 12.5 Å². The van der Waals surface area contributed by atoms with Crippen LogP contribution in [0.5, 0.6) is 0 Å². The molecule has 1 N–H and O–H groups in total. The fourth-order valence-corrected chi connectivity index (χ4v) is 2.98. The standard InChI is InChI=1S/C20H28N4O/c1-15(2)22-20(25)24(12-17-7-8-17)14-19-21-9-10-23(19)13-18-6-4-5-16(3)11-18/h4-6,9-11,15,17H,7-8,12-14H2,1-3H3,(H,22,25). The Labute approximate surface area is 150 Å². The molecule has 25 heavy (non-hydrogen) atoms. The first-order chi connectivity index (χ1) is 12.0. The van der Waals surface area contributed by atoms with E-state index in [4.69, 9.17) is 0 Å². The lowest BCUT2D eigenvalue weighted by Gasteiger charge is -2.24. The van der Waals surface area contributed by atoms with Crippen molar-refractivity contribution in [1.29, 1.82) is 0 Å². The molecular formula is C20H28N4O. The number of rotatable bonds is 7. The molecule has 134 valence electrons. The molecule has 0 bridgehead atoms. The van der Waals surface area contributed by atoms with Crippen LogP contribution in [0.15, 0.2) is 36.7 Å². The molecule has 0 atom stereocenters. The molecule has 3 rings (SSSR count). The largest absolute Gasteiger partial charge is 0.336 e. The van der Waals surface area contributed by atoms with Gasteiger partial charge in [-0.05, 0) is 45.1 Å². The molecule has 0 unspecified atom stereocenters. The number of hydrogen-bond donors (Lipinski definition) is 1. The molecule has 1 aromatic carbocycles. The third-order valence-corrected chi connectivity index (χ3v) is 4.44. The molecule has 0 aliphatic heterocycles. The van der Waals surface area contributed by atoms with Crippen molar-refractivity contribution in [3.05, 3.63) is 53.6 Å². The van der Waals surface area contributed by atoms with Gasteiger partial charge < -0.3 is 14.8 Å². The van der Waals surface area contributed by atoms with Gasteiger partial charge in [-0.25, -0.2) is 9.78 Å². The van der Waals surface area contributed by atoms with Crippen LogP contribution in [0.4, 0.5) is 4.79 Å². The van der Waals surface area contributed by atoms with Gasteiger partial charge in [0.05, 0.1) is 6.54 Å². The molecule has 1 saturated carbocycles. The average molecular weight is 340 g/mol. The number of urea groups is 1. The highest BCUT2D eigenvalue weighted by Crippen LogP contribution is 2.30. The maximum absolute atomic E-state index is 12.5. The molecule has 1 aliphatic rings. The average Bonchev–Trinajstić information content (AvgIpc) is 3.26. The number of aryl methyl sites for hydroxylation is 1. The Bertz CT molecular complexity index is 718. The van der Waals surface area contributed by atoms with E-state index < -0.39 is 0 Å². The first-order valence-corrected chi connectivity index (χ1v) is 9.12.